The summed E-state index contributed by atoms with van der Waals surface area (Å²) in [4.78, 5) is 25.5. The first-order valence-electron chi connectivity index (χ1n) is 15.2. The highest BCUT2D eigenvalue weighted by Gasteiger charge is 2.33. The van der Waals surface area contributed by atoms with Crippen LogP contribution in [-0.2, 0) is 0 Å². The number of carbonyl (C=O) groups is 1. The summed E-state index contributed by atoms with van der Waals surface area (Å²) >= 11 is 1.35. The van der Waals surface area contributed by atoms with Gasteiger partial charge in [0.15, 0.2) is 5.65 Å². The summed E-state index contributed by atoms with van der Waals surface area (Å²) in [5.41, 5.74) is 6.79. The Morgan fingerprint density at radius 3 is 2.47 bits per heavy atom. The molecule has 5 aromatic rings. The normalized spacial score (nSPS) is 20.2. The zero-order chi connectivity index (χ0) is 29.3. The van der Waals surface area contributed by atoms with E-state index >= 15 is 0 Å². The van der Waals surface area contributed by atoms with Crippen molar-refractivity contribution in [2.75, 3.05) is 13.1 Å². The number of nitrogens with zero attached hydrogens (tertiary/aromatic N) is 5. The first-order chi connectivity index (χ1) is 21.0. The van der Waals surface area contributed by atoms with Gasteiger partial charge in [0.05, 0.1) is 17.4 Å². The van der Waals surface area contributed by atoms with Crippen LogP contribution in [0.1, 0.15) is 66.0 Å². The van der Waals surface area contributed by atoms with Gasteiger partial charge in [-0.05, 0) is 66.5 Å². The van der Waals surface area contributed by atoms with Crippen LogP contribution in [0.15, 0.2) is 85.3 Å². The number of hydrogen-bond donors (Lipinski definition) is 1. The molecule has 7 rings (SSSR count). The number of aromatic carboxylic acids is 1. The van der Waals surface area contributed by atoms with Crippen LogP contribution in [0.4, 0.5) is 0 Å². The molecule has 0 spiro atoms. The fourth-order valence-corrected chi connectivity index (χ4v) is 7.81. The number of carboxylic acid groups (broad SMARTS) is 1. The van der Waals surface area contributed by atoms with Crippen LogP contribution >= 0.6 is 11.3 Å². The molecule has 43 heavy (non-hydrogen) atoms. The van der Waals surface area contributed by atoms with E-state index in [4.69, 9.17) is 4.98 Å². The van der Waals surface area contributed by atoms with Crippen LogP contribution in [0.3, 0.4) is 0 Å². The van der Waals surface area contributed by atoms with E-state index in [1.54, 1.807) is 10.7 Å². The SMILES string of the molecule is CC1CCC(C(c2ccccn2)N2CC=C(c3cc(-c4ccc(-c5cc6ncccn6n5)cc4)sc3C(=O)O)CC2)CC1. The monoisotopic (exact) mass is 589 g/mol. The molecule has 1 unspecified atom stereocenters. The number of hydrogen-bond acceptors (Lipinski definition) is 6. The van der Waals surface area contributed by atoms with E-state index < -0.39 is 5.97 Å². The van der Waals surface area contributed by atoms with Crippen LogP contribution in [0.2, 0.25) is 0 Å². The highest BCUT2D eigenvalue weighted by Crippen LogP contribution is 2.42. The van der Waals surface area contributed by atoms with Crippen molar-refractivity contribution in [3.05, 3.63) is 101 Å². The summed E-state index contributed by atoms with van der Waals surface area (Å²) in [7, 11) is 0. The van der Waals surface area contributed by atoms with Gasteiger partial charge in [-0.2, -0.15) is 5.10 Å². The van der Waals surface area contributed by atoms with E-state index in [0.717, 1.165) is 69.6 Å². The van der Waals surface area contributed by atoms with Crippen molar-refractivity contribution in [3.8, 4) is 21.7 Å². The zero-order valence-electron chi connectivity index (χ0n) is 24.3. The summed E-state index contributed by atoms with van der Waals surface area (Å²) in [5.74, 6) is 0.532. The number of aromatic nitrogens is 4. The molecule has 1 aliphatic carbocycles. The summed E-state index contributed by atoms with van der Waals surface area (Å²) < 4.78 is 1.77. The molecule has 4 aromatic heterocycles. The first kappa shape index (κ1) is 27.7. The van der Waals surface area contributed by atoms with E-state index in [0.29, 0.717) is 16.8 Å². The Balaban J connectivity index is 1.13. The second kappa shape index (κ2) is 11.9. The van der Waals surface area contributed by atoms with Gasteiger partial charge >= 0.3 is 5.97 Å². The zero-order valence-corrected chi connectivity index (χ0v) is 25.1. The highest BCUT2D eigenvalue weighted by atomic mass is 32.1. The average molecular weight is 590 g/mol. The molecule has 0 amide bonds. The third kappa shape index (κ3) is 5.65. The van der Waals surface area contributed by atoms with Gasteiger partial charge in [0.25, 0.3) is 0 Å². The van der Waals surface area contributed by atoms with Crippen LogP contribution in [-0.4, -0.2) is 48.6 Å². The Bertz CT molecular complexity index is 1730. The quantitative estimate of drug-likeness (QED) is 0.208. The molecular weight excluding hydrogens is 554 g/mol. The highest BCUT2D eigenvalue weighted by molar-refractivity contribution is 7.17. The number of thiophene rings is 1. The Morgan fingerprint density at radius 2 is 1.77 bits per heavy atom. The van der Waals surface area contributed by atoms with E-state index in [2.05, 4.69) is 46.2 Å². The van der Waals surface area contributed by atoms with Crippen LogP contribution in [0.5, 0.6) is 0 Å². The van der Waals surface area contributed by atoms with E-state index in [-0.39, 0.29) is 0 Å². The van der Waals surface area contributed by atoms with Crippen molar-refractivity contribution in [1.82, 2.24) is 24.5 Å². The third-order valence-electron chi connectivity index (χ3n) is 9.11. The van der Waals surface area contributed by atoms with Crippen LogP contribution in [0.25, 0.3) is 32.9 Å². The molecule has 5 heterocycles. The Labute approximate surface area is 255 Å². The molecule has 0 saturated heterocycles. The Hall–Kier alpha value is -4.14. The number of fused-ring (bicyclic) bond motifs is 1. The van der Waals surface area contributed by atoms with Crippen molar-refractivity contribution in [2.45, 2.75) is 45.1 Å². The van der Waals surface area contributed by atoms with Crippen LogP contribution in [0, 0.1) is 11.8 Å². The standard InChI is InChI=1S/C35H35N5O2S/c1-23-6-8-27(9-7-23)33(29-5-2-3-16-36-29)39-19-14-24(15-20-39)28-21-31(43-34(28)35(41)42)26-12-10-25(11-13-26)30-22-32-37-17-4-18-40(32)38-30/h2-5,10-14,16-18,21-23,27,33H,6-9,15,19-20H2,1H3,(H,41,42). The van der Waals surface area contributed by atoms with Crippen molar-refractivity contribution < 1.29 is 9.90 Å². The number of pyridine rings is 1. The fourth-order valence-electron chi connectivity index (χ4n) is 6.77. The van der Waals surface area contributed by atoms with Gasteiger partial charge in [0.1, 0.15) is 4.88 Å². The van der Waals surface area contributed by atoms with E-state index in [1.165, 1.54) is 37.0 Å². The molecule has 0 radical (unpaired) electrons. The maximum absolute atomic E-state index is 12.4. The predicted molar refractivity (Wildman–Crippen MR) is 171 cm³/mol. The lowest BCUT2D eigenvalue weighted by Gasteiger charge is -2.41. The topological polar surface area (TPSA) is 83.6 Å². The minimum Gasteiger partial charge on any atom is -0.477 e. The minimum absolute atomic E-state index is 0.297. The number of carboxylic acids is 1. The molecule has 0 bridgehead atoms. The summed E-state index contributed by atoms with van der Waals surface area (Å²) in [6.45, 7) is 4.06. The van der Waals surface area contributed by atoms with Gasteiger partial charge in [-0.25, -0.2) is 14.3 Å². The molecule has 7 nitrogen and oxygen atoms in total. The van der Waals surface area contributed by atoms with Crippen molar-refractivity contribution >= 4 is 28.5 Å². The lowest BCUT2D eigenvalue weighted by Crippen LogP contribution is -2.38. The summed E-state index contributed by atoms with van der Waals surface area (Å²) in [6, 6.07) is 20.6. The van der Waals surface area contributed by atoms with Crippen molar-refractivity contribution in [1.29, 1.82) is 0 Å². The molecule has 1 fully saturated rings. The average Bonchev–Trinajstić information content (AvgIpc) is 3.69. The van der Waals surface area contributed by atoms with Gasteiger partial charge in [-0.15, -0.1) is 11.3 Å². The predicted octanol–water partition coefficient (Wildman–Crippen LogP) is 7.87. The Kier molecular flexibility index (Phi) is 7.63. The summed E-state index contributed by atoms with van der Waals surface area (Å²) in [6.07, 6.45) is 13.7. The lowest BCUT2D eigenvalue weighted by molar-refractivity contribution is 0.0701. The van der Waals surface area contributed by atoms with Gasteiger partial charge < -0.3 is 5.11 Å². The molecule has 8 heteroatoms. The van der Waals surface area contributed by atoms with Crippen molar-refractivity contribution in [3.63, 3.8) is 0 Å². The van der Waals surface area contributed by atoms with E-state index in [9.17, 15) is 9.90 Å². The maximum Gasteiger partial charge on any atom is 0.346 e. The molecule has 1 saturated carbocycles. The lowest BCUT2D eigenvalue weighted by atomic mass is 9.77. The third-order valence-corrected chi connectivity index (χ3v) is 10.3. The van der Waals surface area contributed by atoms with Gasteiger partial charge in [0, 0.05) is 53.8 Å². The van der Waals surface area contributed by atoms with Gasteiger partial charge in [-0.3, -0.25) is 9.88 Å². The second-order valence-corrected chi connectivity index (χ2v) is 12.9. The smallest absolute Gasteiger partial charge is 0.346 e. The van der Waals surface area contributed by atoms with E-state index in [1.807, 2.05) is 54.9 Å². The van der Waals surface area contributed by atoms with Gasteiger partial charge in [-0.1, -0.05) is 56.2 Å². The molecular formula is C35H35N5O2S. The van der Waals surface area contributed by atoms with Crippen LogP contribution < -0.4 is 0 Å². The molecule has 1 N–H and O–H groups in total. The Morgan fingerprint density at radius 1 is 0.977 bits per heavy atom. The molecule has 218 valence electrons. The fraction of sp³-hybridized carbons (Fsp3) is 0.314. The largest absolute Gasteiger partial charge is 0.477 e. The second-order valence-electron chi connectivity index (χ2n) is 11.9. The minimum atomic E-state index is -0.869. The van der Waals surface area contributed by atoms with Crippen molar-refractivity contribution in [2.24, 2.45) is 11.8 Å². The number of rotatable bonds is 7. The first-order valence-corrected chi connectivity index (χ1v) is 16.0. The molecule has 1 atom stereocenters. The molecule has 1 aliphatic heterocycles. The maximum atomic E-state index is 12.4. The molecule has 1 aromatic carbocycles. The van der Waals surface area contributed by atoms with Gasteiger partial charge in [0.2, 0.25) is 0 Å². The molecule has 2 aliphatic rings. The summed E-state index contributed by atoms with van der Waals surface area (Å²) in [5, 5.41) is 14.8. The number of benzene rings is 1.